The van der Waals surface area contributed by atoms with Crippen molar-refractivity contribution >= 4 is 15.7 Å². The summed E-state index contributed by atoms with van der Waals surface area (Å²) < 4.78 is 24.8. The monoisotopic (exact) mass is 340 g/mol. The Balaban J connectivity index is 1.53. The van der Waals surface area contributed by atoms with Gasteiger partial charge in [-0.05, 0) is 31.9 Å². The van der Waals surface area contributed by atoms with Crippen molar-refractivity contribution in [2.75, 3.05) is 24.6 Å². The number of likely N-dealkylation sites (tertiary alicyclic amines) is 1. The normalized spacial score (nSPS) is 27.8. The Kier molecular flexibility index (Phi) is 5.01. The number of piperidine rings is 1. The number of amides is 1. The molecular formula is C15H24N4O3S. The zero-order chi connectivity index (χ0) is 16.3. The van der Waals surface area contributed by atoms with Gasteiger partial charge in [0.15, 0.2) is 9.84 Å². The summed E-state index contributed by atoms with van der Waals surface area (Å²) in [5.74, 6) is 0.193. The number of rotatable bonds is 5. The third-order valence-corrected chi connectivity index (χ3v) is 6.42. The second-order valence-corrected chi connectivity index (χ2v) is 8.74. The van der Waals surface area contributed by atoms with Crippen molar-refractivity contribution in [3.63, 3.8) is 0 Å². The van der Waals surface area contributed by atoms with Crippen LogP contribution in [0.1, 0.15) is 25.7 Å². The van der Waals surface area contributed by atoms with Crippen molar-refractivity contribution in [2.45, 2.75) is 44.3 Å². The van der Waals surface area contributed by atoms with Gasteiger partial charge in [-0.25, -0.2) is 8.42 Å². The van der Waals surface area contributed by atoms with Crippen LogP contribution in [-0.4, -0.2) is 65.7 Å². The zero-order valence-electron chi connectivity index (χ0n) is 13.2. The van der Waals surface area contributed by atoms with Gasteiger partial charge in [-0.15, -0.1) is 0 Å². The molecule has 1 N–H and O–H groups in total. The maximum absolute atomic E-state index is 12.3. The summed E-state index contributed by atoms with van der Waals surface area (Å²) in [7, 11) is -2.96. The number of aromatic nitrogens is 2. The lowest BCUT2D eigenvalue weighted by molar-refractivity contribution is -0.123. The van der Waals surface area contributed by atoms with Crippen molar-refractivity contribution in [3.8, 4) is 0 Å². The molecule has 2 aliphatic heterocycles. The van der Waals surface area contributed by atoms with Crippen LogP contribution >= 0.6 is 0 Å². The van der Waals surface area contributed by atoms with Crippen molar-refractivity contribution in [3.05, 3.63) is 18.5 Å². The lowest BCUT2D eigenvalue weighted by Gasteiger charge is -2.35. The van der Waals surface area contributed by atoms with E-state index < -0.39 is 9.84 Å². The third-order valence-electron chi connectivity index (χ3n) is 4.65. The van der Waals surface area contributed by atoms with Crippen molar-refractivity contribution in [2.24, 2.45) is 0 Å². The van der Waals surface area contributed by atoms with E-state index in [1.807, 2.05) is 16.9 Å². The predicted octanol–water partition coefficient (Wildman–Crippen LogP) is 0.0409. The van der Waals surface area contributed by atoms with Crippen molar-refractivity contribution in [1.82, 2.24) is 20.0 Å². The quantitative estimate of drug-likeness (QED) is 0.818. The first-order valence-corrected chi connectivity index (χ1v) is 10.1. The molecule has 2 fully saturated rings. The van der Waals surface area contributed by atoms with Gasteiger partial charge in [0, 0.05) is 24.5 Å². The Morgan fingerprint density at radius 3 is 2.87 bits per heavy atom. The van der Waals surface area contributed by atoms with Crippen LogP contribution < -0.4 is 5.32 Å². The summed E-state index contributed by atoms with van der Waals surface area (Å²) in [4.78, 5) is 14.5. The van der Waals surface area contributed by atoms with Gasteiger partial charge in [-0.3, -0.25) is 14.4 Å². The molecule has 2 saturated heterocycles. The smallest absolute Gasteiger partial charge is 0.234 e. The van der Waals surface area contributed by atoms with E-state index in [9.17, 15) is 13.2 Å². The maximum Gasteiger partial charge on any atom is 0.234 e. The van der Waals surface area contributed by atoms with Gasteiger partial charge in [0.2, 0.25) is 5.91 Å². The zero-order valence-corrected chi connectivity index (χ0v) is 14.0. The SMILES string of the molecule is O=C(CN1CCCCC1Cn1cccn1)NC1CCS(=O)(=O)C1. The first kappa shape index (κ1) is 16.4. The molecule has 2 aliphatic rings. The summed E-state index contributed by atoms with van der Waals surface area (Å²) in [5, 5.41) is 7.12. The Morgan fingerprint density at radius 1 is 1.30 bits per heavy atom. The molecule has 1 aromatic heterocycles. The second kappa shape index (κ2) is 7.00. The molecule has 0 saturated carbocycles. The Bertz CT molecular complexity index is 629. The molecule has 2 unspecified atom stereocenters. The van der Waals surface area contributed by atoms with Gasteiger partial charge in [0.25, 0.3) is 0 Å². The number of sulfone groups is 1. The van der Waals surface area contributed by atoms with Gasteiger partial charge >= 0.3 is 0 Å². The van der Waals surface area contributed by atoms with Gasteiger partial charge in [0.05, 0.1) is 24.6 Å². The second-order valence-electron chi connectivity index (χ2n) is 6.52. The van der Waals surface area contributed by atoms with E-state index in [2.05, 4.69) is 15.3 Å². The molecule has 8 heteroatoms. The first-order chi connectivity index (χ1) is 11.0. The summed E-state index contributed by atoms with van der Waals surface area (Å²) in [6.45, 7) is 2.03. The Labute approximate surface area is 137 Å². The van der Waals surface area contributed by atoms with Crippen LogP contribution in [-0.2, 0) is 21.2 Å². The van der Waals surface area contributed by atoms with E-state index >= 15 is 0 Å². The van der Waals surface area contributed by atoms with Gasteiger partial charge in [-0.2, -0.15) is 5.10 Å². The van der Waals surface area contributed by atoms with Crippen LogP contribution in [0.4, 0.5) is 0 Å². The maximum atomic E-state index is 12.3. The van der Waals surface area contributed by atoms with Crippen LogP contribution in [0.2, 0.25) is 0 Å². The minimum absolute atomic E-state index is 0.0699. The topological polar surface area (TPSA) is 84.3 Å². The molecule has 0 aliphatic carbocycles. The van der Waals surface area contributed by atoms with Crippen LogP contribution in [0, 0.1) is 0 Å². The molecule has 3 heterocycles. The van der Waals surface area contributed by atoms with Crippen LogP contribution in [0.15, 0.2) is 18.5 Å². The minimum Gasteiger partial charge on any atom is -0.351 e. The average Bonchev–Trinajstić information content (AvgIpc) is 3.10. The van der Waals surface area contributed by atoms with Gasteiger partial charge in [0.1, 0.15) is 0 Å². The molecule has 0 aromatic carbocycles. The number of nitrogens with zero attached hydrogens (tertiary/aromatic N) is 3. The molecule has 7 nitrogen and oxygen atoms in total. The molecule has 0 radical (unpaired) electrons. The van der Waals surface area contributed by atoms with Crippen LogP contribution in [0.5, 0.6) is 0 Å². The minimum atomic E-state index is -2.96. The summed E-state index contributed by atoms with van der Waals surface area (Å²) in [6, 6.07) is 1.99. The first-order valence-electron chi connectivity index (χ1n) is 8.23. The van der Waals surface area contributed by atoms with E-state index in [0.29, 0.717) is 19.0 Å². The van der Waals surface area contributed by atoms with E-state index in [1.165, 1.54) is 6.42 Å². The number of nitrogens with one attached hydrogen (secondary N) is 1. The fourth-order valence-electron chi connectivity index (χ4n) is 3.47. The highest BCUT2D eigenvalue weighted by Gasteiger charge is 2.30. The molecule has 0 spiro atoms. The van der Waals surface area contributed by atoms with Crippen LogP contribution in [0.3, 0.4) is 0 Å². The molecule has 128 valence electrons. The fraction of sp³-hybridized carbons (Fsp3) is 0.733. The molecule has 2 atom stereocenters. The Morgan fingerprint density at radius 2 is 2.17 bits per heavy atom. The lowest BCUT2D eigenvalue weighted by Crippen LogP contribution is -2.49. The number of hydrogen-bond donors (Lipinski definition) is 1. The summed E-state index contributed by atoms with van der Waals surface area (Å²) in [5.41, 5.74) is 0. The number of carbonyl (C=O) groups excluding carboxylic acids is 1. The molecule has 1 aromatic rings. The fourth-order valence-corrected chi connectivity index (χ4v) is 5.14. The van der Waals surface area contributed by atoms with E-state index in [4.69, 9.17) is 0 Å². The van der Waals surface area contributed by atoms with Crippen molar-refractivity contribution in [1.29, 1.82) is 0 Å². The number of hydrogen-bond acceptors (Lipinski definition) is 5. The van der Waals surface area contributed by atoms with Crippen LogP contribution in [0.25, 0.3) is 0 Å². The molecule has 1 amide bonds. The van der Waals surface area contributed by atoms with Gasteiger partial charge in [-0.1, -0.05) is 6.42 Å². The lowest BCUT2D eigenvalue weighted by atomic mass is 10.0. The van der Waals surface area contributed by atoms with Gasteiger partial charge < -0.3 is 5.32 Å². The van der Waals surface area contributed by atoms with E-state index in [0.717, 1.165) is 25.9 Å². The van der Waals surface area contributed by atoms with E-state index in [1.54, 1.807) is 6.20 Å². The van der Waals surface area contributed by atoms with E-state index in [-0.39, 0.29) is 23.5 Å². The average molecular weight is 340 g/mol. The highest BCUT2D eigenvalue weighted by molar-refractivity contribution is 7.91. The third kappa shape index (κ3) is 4.54. The van der Waals surface area contributed by atoms with Crippen molar-refractivity contribution < 1.29 is 13.2 Å². The Hall–Kier alpha value is -1.41. The highest BCUT2D eigenvalue weighted by Crippen LogP contribution is 2.18. The molecule has 23 heavy (non-hydrogen) atoms. The summed E-state index contributed by atoms with van der Waals surface area (Å²) >= 11 is 0. The largest absolute Gasteiger partial charge is 0.351 e. The predicted molar refractivity (Wildman–Crippen MR) is 86.6 cm³/mol. The molecular weight excluding hydrogens is 316 g/mol. The number of carbonyl (C=O) groups is 1. The molecule has 3 rings (SSSR count). The molecule has 0 bridgehead atoms. The highest BCUT2D eigenvalue weighted by atomic mass is 32.2. The summed E-state index contributed by atoms with van der Waals surface area (Å²) in [6.07, 6.45) is 7.57. The standard InChI is InChI=1S/C15H24N4O3S/c20-15(17-13-5-9-23(21,22)12-13)11-18-7-2-1-4-14(18)10-19-8-3-6-16-19/h3,6,8,13-14H,1-2,4-5,7,9-12H2,(H,17,20).